The Morgan fingerprint density at radius 2 is 2.21 bits per heavy atom. The Balaban J connectivity index is 2.41. The molecule has 2 rings (SSSR count). The topological polar surface area (TPSA) is 55.1 Å². The highest BCUT2D eigenvalue weighted by Crippen LogP contribution is 2.23. The third-order valence-electron chi connectivity index (χ3n) is 2.29. The summed E-state index contributed by atoms with van der Waals surface area (Å²) in [5, 5.41) is 2.80. The van der Waals surface area contributed by atoms with Crippen molar-refractivity contribution in [2.75, 3.05) is 5.32 Å². The van der Waals surface area contributed by atoms with Crippen LogP contribution in [0.2, 0.25) is 0 Å². The number of carbonyl (C=O) groups excluding carboxylic acids is 1. The highest BCUT2D eigenvalue weighted by atomic mass is 32.1. The average molecular weight is 206 g/mol. The number of hydrogen-bond donors (Lipinski definition) is 2. The minimum absolute atomic E-state index is 0.0700. The smallest absolute Gasteiger partial charge is 0.224 e. The summed E-state index contributed by atoms with van der Waals surface area (Å²) in [4.78, 5) is 11.5. The van der Waals surface area contributed by atoms with E-state index in [1.54, 1.807) is 0 Å². The molecule has 0 spiro atoms. The number of aryl methyl sites for hydroxylation is 1. The van der Waals surface area contributed by atoms with E-state index in [0.717, 1.165) is 23.2 Å². The predicted molar refractivity (Wildman–Crippen MR) is 59.3 cm³/mol. The quantitative estimate of drug-likeness (QED) is 0.679. The molecule has 0 unspecified atom stereocenters. The fraction of sp³-hybridized carbons (Fsp3) is 0.200. The van der Waals surface area contributed by atoms with Crippen molar-refractivity contribution >= 4 is 28.8 Å². The predicted octanol–water partition coefficient (Wildman–Crippen LogP) is 1.21. The van der Waals surface area contributed by atoms with Gasteiger partial charge in [0, 0.05) is 17.7 Å². The van der Waals surface area contributed by atoms with Crippen LogP contribution in [-0.2, 0) is 11.2 Å². The lowest BCUT2D eigenvalue weighted by Crippen LogP contribution is -2.20. The van der Waals surface area contributed by atoms with Crippen molar-refractivity contribution in [1.82, 2.24) is 0 Å². The van der Waals surface area contributed by atoms with Crippen molar-refractivity contribution in [3.8, 4) is 0 Å². The van der Waals surface area contributed by atoms with E-state index < -0.39 is 0 Å². The van der Waals surface area contributed by atoms with Crippen LogP contribution in [0.4, 0.5) is 5.69 Å². The van der Waals surface area contributed by atoms with Crippen LogP contribution in [0.3, 0.4) is 0 Å². The van der Waals surface area contributed by atoms with Crippen molar-refractivity contribution in [3.05, 3.63) is 29.3 Å². The molecule has 14 heavy (non-hydrogen) atoms. The Morgan fingerprint density at radius 3 is 2.93 bits per heavy atom. The Kier molecular flexibility index (Phi) is 2.21. The number of nitrogens with one attached hydrogen (secondary N) is 1. The zero-order valence-electron chi connectivity index (χ0n) is 7.54. The minimum atomic E-state index is 0.0700. The Bertz CT molecular complexity index is 415. The summed E-state index contributed by atoms with van der Waals surface area (Å²) in [6, 6.07) is 5.62. The lowest BCUT2D eigenvalue weighted by molar-refractivity contribution is -0.116. The maximum atomic E-state index is 11.1. The largest absolute Gasteiger partial charge is 0.389 e. The molecule has 1 aromatic carbocycles. The molecule has 3 N–H and O–H groups in total. The first kappa shape index (κ1) is 9.15. The van der Waals surface area contributed by atoms with Gasteiger partial charge in [0.2, 0.25) is 5.91 Å². The number of fused-ring (bicyclic) bond motifs is 1. The molecule has 0 fully saturated rings. The maximum Gasteiger partial charge on any atom is 0.224 e. The monoisotopic (exact) mass is 206 g/mol. The van der Waals surface area contributed by atoms with Crippen LogP contribution in [0.15, 0.2) is 18.2 Å². The number of benzene rings is 1. The highest BCUT2D eigenvalue weighted by Gasteiger charge is 2.14. The molecule has 72 valence electrons. The summed E-state index contributed by atoms with van der Waals surface area (Å²) in [5.74, 6) is 0.0700. The van der Waals surface area contributed by atoms with Crippen LogP contribution < -0.4 is 11.1 Å². The molecule has 1 amide bonds. The number of amides is 1. The standard InChI is InChI=1S/C10H10N2OS/c11-10(14)7-1-3-8-6(5-7)2-4-9(13)12-8/h1,3,5H,2,4H2,(H2,11,14)(H,12,13). The molecule has 0 radical (unpaired) electrons. The van der Waals surface area contributed by atoms with Gasteiger partial charge in [-0.3, -0.25) is 4.79 Å². The van der Waals surface area contributed by atoms with Crippen molar-refractivity contribution < 1.29 is 4.79 Å². The van der Waals surface area contributed by atoms with Crippen LogP contribution in [0, 0.1) is 0 Å². The summed E-state index contributed by atoms with van der Waals surface area (Å²) >= 11 is 4.88. The molecule has 0 bridgehead atoms. The molecule has 1 aliphatic rings. The Hall–Kier alpha value is -1.42. The molecule has 1 aliphatic heterocycles. The normalized spacial score (nSPS) is 14.4. The highest BCUT2D eigenvalue weighted by molar-refractivity contribution is 7.80. The van der Waals surface area contributed by atoms with Crippen LogP contribution in [0.25, 0.3) is 0 Å². The summed E-state index contributed by atoms with van der Waals surface area (Å²) in [5.41, 5.74) is 8.36. The first-order chi connectivity index (χ1) is 6.66. The van der Waals surface area contributed by atoms with Gasteiger partial charge in [-0.15, -0.1) is 0 Å². The Morgan fingerprint density at radius 1 is 1.43 bits per heavy atom. The van der Waals surface area contributed by atoms with Gasteiger partial charge in [-0.25, -0.2) is 0 Å². The number of carbonyl (C=O) groups is 1. The number of nitrogens with two attached hydrogens (primary N) is 1. The SMILES string of the molecule is NC(=S)c1ccc2c(c1)CCC(=O)N2. The molecule has 1 aromatic rings. The lowest BCUT2D eigenvalue weighted by Gasteiger charge is -2.17. The molecule has 0 atom stereocenters. The first-order valence-corrected chi connectivity index (χ1v) is 4.80. The molecule has 1 heterocycles. The van der Waals surface area contributed by atoms with E-state index in [4.69, 9.17) is 18.0 Å². The lowest BCUT2D eigenvalue weighted by atomic mass is 10.0. The van der Waals surface area contributed by atoms with Crippen LogP contribution >= 0.6 is 12.2 Å². The maximum absolute atomic E-state index is 11.1. The van der Waals surface area contributed by atoms with Gasteiger partial charge < -0.3 is 11.1 Å². The summed E-state index contributed by atoms with van der Waals surface area (Å²) in [7, 11) is 0. The zero-order chi connectivity index (χ0) is 10.1. The summed E-state index contributed by atoms with van der Waals surface area (Å²) in [6.07, 6.45) is 1.30. The van der Waals surface area contributed by atoms with Crippen LogP contribution in [0.1, 0.15) is 17.5 Å². The van der Waals surface area contributed by atoms with E-state index in [9.17, 15) is 4.79 Å². The van der Waals surface area contributed by atoms with E-state index in [1.165, 1.54) is 0 Å². The van der Waals surface area contributed by atoms with Crippen LogP contribution in [-0.4, -0.2) is 10.9 Å². The number of thiocarbonyl (C=S) groups is 1. The second-order valence-corrected chi connectivity index (χ2v) is 3.72. The van der Waals surface area contributed by atoms with Crippen molar-refractivity contribution in [3.63, 3.8) is 0 Å². The van der Waals surface area contributed by atoms with Crippen LogP contribution in [0.5, 0.6) is 0 Å². The van der Waals surface area contributed by atoms with Gasteiger partial charge in [0.15, 0.2) is 0 Å². The van der Waals surface area contributed by atoms with Gasteiger partial charge in [-0.1, -0.05) is 12.2 Å². The van der Waals surface area contributed by atoms with Gasteiger partial charge >= 0.3 is 0 Å². The van der Waals surface area contributed by atoms with Gasteiger partial charge in [0.25, 0.3) is 0 Å². The first-order valence-electron chi connectivity index (χ1n) is 4.39. The number of hydrogen-bond acceptors (Lipinski definition) is 2. The minimum Gasteiger partial charge on any atom is -0.389 e. The molecule has 0 aliphatic carbocycles. The van der Waals surface area contributed by atoms with Gasteiger partial charge in [-0.05, 0) is 30.2 Å². The van der Waals surface area contributed by atoms with Gasteiger partial charge in [0.1, 0.15) is 4.99 Å². The third kappa shape index (κ3) is 1.61. The van der Waals surface area contributed by atoms with Crippen molar-refractivity contribution in [2.24, 2.45) is 5.73 Å². The van der Waals surface area contributed by atoms with E-state index in [0.29, 0.717) is 11.4 Å². The number of rotatable bonds is 1. The fourth-order valence-electron chi connectivity index (χ4n) is 1.54. The summed E-state index contributed by atoms with van der Waals surface area (Å²) < 4.78 is 0. The third-order valence-corrected chi connectivity index (χ3v) is 2.52. The van der Waals surface area contributed by atoms with Crippen molar-refractivity contribution in [1.29, 1.82) is 0 Å². The summed E-state index contributed by atoms with van der Waals surface area (Å²) in [6.45, 7) is 0. The van der Waals surface area contributed by atoms with Gasteiger partial charge in [0.05, 0.1) is 0 Å². The molecular formula is C10H10N2OS. The number of anilines is 1. The van der Waals surface area contributed by atoms with E-state index in [2.05, 4.69) is 5.32 Å². The van der Waals surface area contributed by atoms with E-state index in [-0.39, 0.29) is 5.91 Å². The molecule has 0 aromatic heterocycles. The Labute approximate surface area is 87.3 Å². The molecule has 4 heteroatoms. The van der Waals surface area contributed by atoms with E-state index in [1.807, 2.05) is 18.2 Å². The van der Waals surface area contributed by atoms with Crippen molar-refractivity contribution in [2.45, 2.75) is 12.8 Å². The second kappa shape index (κ2) is 3.38. The molecule has 3 nitrogen and oxygen atoms in total. The second-order valence-electron chi connectivity index (χ2n) is 3.28. The van der Waals surface area contributed by atoms with Gasteiger partial charge in [-0.2, -0.15) is 0 Å². The zero-order valence-corrected chi connectivity index (χ0v) is 8.36. The fourth-order valence-corrected chi connectivity index (χ4v) is 1.66. The van der Waals surface area contributed by atoms with E-state index >= 15 is 0 Å². The molecule has 0 saturated carbocycles. The molecular weight excluding hydrogens is 196 g/mol. The average Bonchev–Trinajstić information content (AvgIpc) is 2.16. The molecule has 0 saturated heterocycles.